The van der Waals surface area contributed by atoms with Crippen LogP contribution in [0.2, 0.25) is 0 Å². The van der Waals surface area contributed by atoms with E-state index in [0.29, 0.717) is 5.82 Å². The van der Waals surface area contributed by atoms with Crippen molar-refractivity contribution in [1.29, 1.82) is 0 Å². The molecule has 0 amide bonds. The van der Waals surface area contributed by atoms with Crippen LogP contribution in [0.15, 0.2) is 47.5 Å². The Morgan fingerprint density at radius 2 is 1.80 bits per heavy atom. The molecule has 1 heterocycles. The van der Waals surface area contributed by atoms with Gasteiger partial charge in [0.15, 0.2) is 5.82 Å². The maximum absolute atomic E-state index is 13.3. The van der Waals surface area contributed by atoms with Crippen LogP contribution in [0, 0.1) is 11.2 Å². The number of aromatic nitrogens is 2. The number of methoxy groups -OCH3 is 1. The fourth-order valence-corrected chi connectivity index (χ4v) is 2.37. The van der Waals surface area contributed by atoms with Gasteiger partial charge in [-0.3, -0.25) is 0 Å². The molecule has 0 aliphatic carbocycles. The molecule has 1 aromatic heterocycles. The summed E-state index contributed by atoms with van der Waals surface area (Å²) in [5, 5.41) is 5.55. The van der Waals surface area contributed by atoms with Crippen LogP contribution in [0.3, 0.4) is 0 Å². The molecule has 0 saturated heterocycles. The van der Waals surface area contributed by atoms with E-state index >= 15 is 0 Å². The number of hydrogen-bond donors (Lipinski definition) is 0. The lowest BCUT2D eigenvalue weighted by atomic mass is 9.91. The van der Waals surface area contributed by atoms with E-state index in [0.717, 1.165) is 28.1 Å². The summed E-state index contributed by atoms with van der Waals surface area (Å²) in [6, 6.07) is 11.9. The zero-order valence-corrected chi connectivity index (χ0v) is 15.2. The topological polar surface area (TPSA) is 39.4 Å². The number of benzene rings is 2. The number of hydrogen-bond acceptors (Lipinski definition) is 3. The molecule has 0 saturated carbocycles. The predicted octanol–water partition coefficient (Wildman–Crippen LogP) is 5.31. The third-order valence-electron chi connectivity index (χ3n) is 4.28. The molecule has 3 aromatic rings. The molecule has 4 nitrogen and oxygen atoms in total. The molecule has 0 aliphatic rings. The summed E-state index contributed by atoms with van der Waals surface area (Å²) in [4.78, 5) is 4.86. The zero-order valence-electron chi connectivity index (χ0n) is 15.2. The van der Waals surface area contributed by atoms with Gasteiger partial charge in [-0.25, -0.2) is 14.1 Å². The fraction of sp³-hybridized carbons (Fsp3) is 0.300. The molecule has 0 radical (unpaired) electrons. The van der Waals surface area contributed by atoms with Crippen molar-refractivity contribution >= 4 is 22.4 Å². The van der Waals surface area contributed by atoms with E-state index in [1.165, 1.54) is 12.1 Å². The number of ether oxygens (including phenoxy) is 1. The summed E-state index contributed by atoms with van der Waals surface area (Å²) in [5.74, 6) is 1.18. The van der Waals surface area contributed by atoms with Crippen molar-refractivity contribution in [2.24, 2.45) is 10.4 Å². The highest BCUT2D eigenvalue weighted by Gasteiger charge is 2.18. The Morgan fingerprint density at radius 1 is 1.12 bits per heavy atom. The van der Waals surface area contributed by atoms with Gasteiger partial charge < -0.3 is 4.74 Å². The first-order chi connectivity index (χ1) is 11.8. The van der Waals surface area contributed by atoms with E-state index < -0.39 is 0 Å². The largest absolute Gasteiger partial charge is 0.497 e. The lowest BCUT2D eigenvalue weighted by molar-refractivity contribution is 0.415. The maximum Gasteiger partial charge on any atom is 0.163 e. The molecular formula is C20H22FN3O. The van der Waals surface area contributed by atoms with Crippen LogP contribution >= 0.6 is 0 Å². The smallest absolute Gasteiger partial charge is 0.163 e. The Morgan fingerprint density at radius 3 is 2.40 bits per heavy atom. The Bertz CT molecular complexity index is 934. The third-order valence-corrected chi connectivity index (χ3v) is 4.28. The molecule has 0 bridgehead atoms. The second kappa shape index (κ2) is 6.31. The van der Waals surface area contributed by atoms with Crippen molar-refractivity contribution in [1.82, 2.24) is 9.78 Å². The highest BCUT2D eigenvalue weighted by Crippen LogP contribution is 2.33. The maximum atomic E-state index is 13.3. The summed E-state index contributed by atoms with van der Waals surface area (Å²) in [7, 11) is 1.63. The van der Waals surface area contributed by atoms with Gasteiger partial charge in [0.1, 0.15) is 11.6 Å². The molecule has 25 heavy (non-hydrogen) atoms. The van der Waals surface area contributed by atoms with E-state index in [-0.39, 0.29) is 11.2 Å². The van der Waals surface area contributed by atoms with Crippen molar-refractivity contribution in [3.05, 3.63) is 48.3 Å². The first-order valence-electron chi connectivity index (χ1n) is 8.18. The molecule has 0 N–H and O–H groups in total. The molecule has 3 rings (SSSR count). The van der Waals surface area contributed by atoms with Crippen LogP contribution in [-0.2, 0) is 0 Å². The quantitative estimate of drug-likeness (QED) is 0.607. The van der Waals surface area contributed by atoms with Crippen LogP contribution in [0.25, 0.3) is 16.6 Å². The van der Waals surface area contributed by atoms with Gasteiger partial charge in [0.2, 0.25) is 0 Å². The second-order valence-corrected chi connectivity index (χ2v) is 7.04. The van der Waals surface area contributed by atoms with E-state index in [2.05, 4.69) is 25.9 Å². The van der Waals surface area contributed by atoms with E-state index in [9.17, 15) is 4.39 Å². The Balaban J connectivity index is 2.28. The fourth-order valence-electron chi connectivity index (χ4n) is 2.37. The van der Waals surface area contributed by atoms with Gasteiger partial charge >= 0.3 is 0 Å². The molecular weight excluding hydrogens is 317 g/mol. The van der Waals surface area contributed by atoms with Gasteiger partial charge in [-0.05, 0) is 49.4 Å². The Labute approximate surface area is 147 Å². The van der Waals surface area contributed by atoms with Crippen molar-refractivity contribution in [2.75, 3.05) is 7.11 Å². The highest BCUT2D eigenvalue weighted by atomic mass is 19.1. The summed E-state index contributed by atoms with van der Waals surface area (Å²) >= 11 is 0. The van der Waals surface area contributed by atoms with Crippen molar-refractivity contribution in [3.8, 4) is 11.4 Å². The number of halogens is 1. The first kappa shape index (κ1) is 17.1. The van der Waals surface area contributed by atoms with Crippen molar-refractivity contribution < 1.29 is 9.13 Å². The predicted molar refractivity (Wildman–Crippen MR) is 99.8 cm³/mol. The standard InChI is InChI=1S/C20H22FN3O/c1-13(20(2,3)4)22-19-17-12-16(25-5)10-11-18(17)23-24(19)15-8-6-14(21)7-9-15/h6-12H,1-5H3/b22-13+. The minimum Gasteiger partial charge on any atom is -0.497 e. The monoisotopic (exact) mass is 339 g/mol. The normalized spacial score (nSPS) is 12.6. The van der Waals surface area contributed by atoms with Crippen molar-refractivity contribution in [2.45, 2.75) is 27.7 Å². The summed E-state index contributed by atoms with van der Waals surface area (Å²) in [6.07, 6.45) is 0. The minimum atomic E-state index is -0.280. The summed E-state index contributed by atoms with van der Waals surface area (Å²) in [5.41, 5.74) is 2.49. The van der Waals surface area contributed by atoms with Gasteiger partial charge in [0.05, 0.1) is 23.7 Å². The minimum absolute atomic E-state index is 0.0664. The summed E-state index contributed by atoms with van der Waals surface area (Å²) < 4.78 is 20.4. The Kier molecular flexibility index (Phi) is 4.33. The van der Waals surface area contributed by atoms with Gasteiger partial charge in [0.25, 0.3) is 0 Å². The average Bonchev–Trinajstić information content (AvgIpc) is 2.92. The molecule has 0 spiro atoms. The average molecular weight is 339 g/mol. The molecule has 5 heteroatoms. The van der Waals surface area contributed by atoms with E-state index in [1.807, 2.05) is 25.1 Å². The zero-order chi connectivity index (χ0) is 18.2. The van der Waals surface area contributed by atoms with Crippen LogP contribution < -0.4 is 4.74 Å². The van der Waals surface area contributed by atoms with Gasteiger partial charge in [-0.2, -0.15) is 5.10 Å². The van der Waals surface area contributed by atoms with Gasteiger partial charge in [-0.1, -0.05) is 20.8 Å². The second-order valence-electron chi connectivity index (χ2n) is 7.04. The molecule has 130 valence electrons. The van der Waals surface area contributed by atoms with Crippen LogP contribution in [-0.4, -0.2) is 22.6 Å². The lowest BCUT2D eigenvalue weighted by Gasteiger charge is -2.18. The molecule has 2 aromatic carbocycles. The molecule has 0 fully saturated rings. The molecule has 0 aliphatic heterocycles. The molecule has 0 atom stereocenters. The van der Waals surface area contributed by atoms with Crippen molar-refractivity contribution in [3.63, 3.8) is 0 Å². The van der Waals surface area contributed by atoms with Crippen LogP contribution in [0.1, 0.15) is 27.7 Å². The number of aliphatic imine (C=N–C) groups is 1. The number of nitrogens with zero attached hydrogens (tertiary/aromatic N) is 3. The third kappa shape index (κ3) is 3.40. The van der Waals surface area contributed by atoms with E-state index in [1.54, 1.807) is 23.9 Å². The highest BCUT2D eigenvalue weighted by molar-refractivity contribution is 5.96. The number of fused-ring (bicyclic) bond motifs is 1. The van der Waals surface area contributed by atoms with Gasteiger partial charge in [-0.15, -0.1) is 0 Å². The SMILES string of the molecule is COc1ccc2nn(-c3ccc(F)cc3)c(/N=C(\C)C(C)(C)C)c2c1. The summed E-state index contributed by atoms with van der Waals surface area (Å²) in [6.45, 7) is 8.36. The first-order valence-corrected chi connectivity index (χ1v) is 8.18. The van der Waals surface area contributed by atoms with Crippen LogP contribution in [0.4, 0.5) is 10.2 Å². The molecule has 0 unspecified atom stereocenters. The van der Waals surface area contributed by atoms with Crippen LogP contribution in [0.5, 0.6) is 5.75 Å². The lowest BCUT2D eigenvalue weighted by Crippen LogP contribution is -2.16. The Hall–Kier alpha value is -2.69. The number of rotatable bonds is 3. The van der Waals surface area contributed by atoms with Gasteiger partial charge in [0, 0.05) is 11.1 Å². The van der Waals surface area contributed by atoms with E-state index in [4.69, 9.17) is 9.73 Å².